The summed E-state index contributed by atoms with van der Waals surface area (Å²) in [5.74, 6) is 1.49. The van der Waals surface area contributed by atoms with Crippen molar-refractivity contribution in [1.82, 2.24) is 10.2 Å². The van der Waals surface area contributed by atoms with Gasteiger partial charge in [0.15, 0.2) is 11.5 Å². The number of carbonyl (C=O) groups is 1. The summed E-state index contributed by atoms with van der Waals surface area (Å²) in [7, 11) is 3.46. The van der Waals surface area contributed by atoms with E-state index in [1.165, 1.54) is 18.4 Å². The van der Waals surface area contributed by atoms with Crippen molar-refractivity contribution in [1.29, 1.82) is 0 Å². The molecule has 2 aromatic carbocycles. The van der Waals surface area contributed by atoms with Crippen molar-refractivity contribution >= 4 is 6.03 Å². The van der Waals surface area contributed by atoms with E-state index in [-0.39, 0.29) is 12.1 Å². The van der Waals surface area contributed by atoms with Crippen molar-refractivity contribution in [3.05, 3.63) is 59.2 Å². The van der Waals surface area contributed by atoms with Gasteiger partial charge in [-0.15, -0.1) is 0 Å². The van der Waals surface area contributed by atoms with E-state index in [2.05, 4.69) is 24.4 Å². The van der Waals surface area contributed by atoms with E-state index in [0.717, 1.165) is 35.5 Å². The van der Waals surface area contributed by atoms with Gasteiger partial charge in [-0.3, -0.25) is 0 Å². The highest BCUT2D eigenvalue weighted by Gasteiger charge is 2.19. The van der Waals surface area contributed by atoms with Crippen molar-refractivity contribution in [2.45, 2.75) is 51.8 Å². The molecule has 2 amide bonds. The second-order valence-electron chi connectivity index (χ2n) is 7.45. The first-order valence-corrected chi connectivity index (χ1v) is 9.94. The average molecular weight is 383 g/mol. The van der Waals surface area contributed by atoms with Gasteiger partial charge in [-0.2, -0.15) is 0 Å². The lowest BCUT2D eigenvalue weighted by Crippen LogP contribution is -2.36. The Balaban J connectivity index is 1.58. The molecule has 0 aliphatic heterocycles. The molecule has 0 saturated heterocycles. The minimum atomic E-state index is -0.0997. The number of methoxy groups -OCH3 is 1. The predicted octanol–water partition coefficient (Wildman–Crippen LogP) is 4.67. The number of hydrogen-bond acceptors (Lipinski definition) is 3. The molecule has 0 radical (unpaired) electrons. The number of urea groups is 1. The third-order valence-corrected chi connectivity index (χ3v) is 5.28. The van der Waals surface area contributed by atoms with E-state index in [9.17, 15) is 4.79 Å². The number of rotatable bonds is 7. The maximum atomic E-state index is 12.5. The number of aryl methyl sites for hydroxylation is 1. The molecule has 0 atom stereocenters. The Bertz CT molecular complexity index is 800. The molecule has 1 N–H and O–H groups in total. The molecule has 3 rings (SSSR count). The third kappa shape index (κ3) is 5.18. The van der Waals surface area contributed by atoms with Crippen LogP contribution in [-0.4, -0.2) is 31.2 Å². The van der Waals surface area contributed by atoms with Crippen LogP contribution in [-0.2, 0) is 13.1 Å². The van der Waals surface area contributed by atoms with E-state index < -0.39 is 0 Å². The summed E-state index contributed by atoms with van der Waals surface area (Å²) in [6.45, 7) is 3.09. The van der Waals surface area contributed by atoms with Crippen LogP contribution in [0.25, 0.3) is 0 Å². The molecule has 1 aliphatic rings. The third-order valence-electron chi connectivity index (χ3n) is 5.28. The molecule has 2 aromatic rings. The number of nitrogens with zero attached hydrogens (tertiary/aromatic N) is 1. The fourth-order valence-corrected chi connectivity index (χ4v) is 3.54. The first-order valence-electron chi connectivity index (χ1n) is 9.94. The molecular formula is C23H30N2O3. The van der Waals surface area contributed by atoms with Gasteiger partial charge in [0.25, 0.3) is 0 Å². The Morgan fingerprint density at radius 1 is 1.14 bits per heavy atom. The van der Waals surface area contributed by atoms with Crippen LogP contribution in [0.4, 0.5) is 4.79 Å². The monoisotopic (exact) mass is 382 g/mol. The van der Waals surface area contributed by atoms with Crippen LogP contribution in [0.3, 0.4) is 0 Å². The Hall–Kier alpha value is -2.69. The van der Waals surface area contributed by atoms with E-state index in [1.807, 2.05) is 37.4 Å². The van der Waals surface area contributed by atoms with Gasteiger partial charge >= 0.3 is 6.03 Å². The van der Waals surface area contributed by atoms with E-state index in [0.29, 0.717) is 13.1 Å². The Labute approximate surface area is 167 Å². The zero-order valence-electron chi connectivity index (χ0n) is 17.0. The Kier molecular flexibility index (Phi) is 6.80. The van der Waals surface area contributed by atoms with Crippen LogP contribution < -0.4 is 14.8 Å². The van der Waals surface area contributed by atoms with E-state index in [4.69, 9.17) is 9.47 Å². The van der Waals surface area contributed by atoms with Crippen LogP contribution in [0.15, 0.2) is 42.5 Å². The summed E-state index contributed by atoms with van der Waals surface area (Å²) in [6.07, 6.45) is 4.88. The molecule has 0 spiro atoms. The van der Waals surface area contributed by atoms with Crippen LogP contribution in [0.2, 0.25) is 0 Å². The van der Waals surface area contributed by atoms with Gasteiger partial charge in [0, 0.05) is 20.1 Å². The summed E-state index contributed by atoms with van der Waals surface area (Å²) in [4.78, 5) is 14.2. The molecule has 5 heteroatoms. The normalized spacial score (nSPS) is 14.0. The van der Waals surface area contributed by atoms with Crippen LogP contribution in [0, 0.1) is 6.92 Å². The zero-order chi connectivity index (χ0) is 19.9. The van der Waals surface area contributed by atoms with Gasteiger partial charge in [-0.05, 0) is 61.4 Å². The van der Waals surface area contributed by atoms with Crippen molar-refractivity contribution in [3.8, 4) is 11.5 Å². The van der Waals surface area contributed by atoms with E-state index >= 15 is 0 Å². The molecule has 0 aromatic heterocycles. The van der Waals surface area contributed by atoms with Crippen molar-refractivity contribution in [2.75, 3.05) is 14.2 Å². The van der Waals surface area contributed by atoms with Crippen molar-refractivity contribution < 1.29 is 14.3 Å². The lowest BCUT2D eigenvalue weighted by atomic mass is 10.1. The summed E-state index contributed by atoms with van der Waals surface area (Å²) in [6, 6.07) is 13.9. The molecular weight excluding hydrogens is 352 g/mol. The fraction of sp³-hybridized carbons (Fsp3) is 0.435. The highest BCUT2D eigenvalue weighted by Crippen LogP contribution is 2.32. The smallest absolute Gasteiger partial charge is 0.317 e. The number of nitrogens with one attached hydrogen (secondary N) is 1. The molecule has 1 aliphatic carbocycles. The summed E-state index contributed by atoms with van der Waals surface area (Å²) >= 11 is 0. The standard InChI is InChI=1S/C23H30N2O3/c1-17-8-4-5-9-19(17)16-25(2)23(26)24-15-18-12-13-21(27-3)22(14-18)28-20-10-6-7-11-20/h4-5,8-9,12-14,20H,6-7,10-11,15-16H2,1-3H3,(H,24,26). The number of ether oxygens (including phenoxy) is 2. The minimum absolute atomic E-state index is 0.0997. The van der Waals surface area contributed by atoms with E-state index in [1.54, 1.807) is 12.0 Å². The molecule has 0 unspecified atom stereocenters. The number of benzene rings is 2. The molecule has 5 nitrogen and oxygen atoms in total. The molecule has 0 heterocycles. The Morgan fingerprint density at radius 3 is 2.61 bits per heavy atom. The second-order valence-corrected chi connectivity index (χ2v) is 7.45. The lowest BCUT2D eigenvalue weighted by molar-refractivity contribution is 0.200. The number of amides is 2. The van der Waals surface area contributed by atoms with Crippen LogP contribution >= 0.6 is 0 Å². The second kappa shape index (κ2) is 9.49. The maximum Gasteiger partial charge on any atom is 0.317 e. The van der Waals surface area contributed by atoms with Gasteiger partial charge in [-0.1, -0.05) is 30.3 Å². The summed E-state index contributed by atoms with van der Waals surface area (Å²) in [5, 5.41) is 2.99. The maximum absolute atomic E-state index is 12.5. The van der Waals surface area contributed by atoms with Crippen molar-refractivity contribution in [3.63, 3.8) is 0 Å². The Morgan fingerprint density at radius 2 is 1.89 bits per heavy atom. The lowest BCUT2D eigenvalue weighted by Gasteiger charge is -2.20. The number of hydrogen-bond donors (Lipinski definition) is 1. The van der Waals surface area contributed by atoms with Gasteiger partial charge in [0.2, 0.25) is 0 Å². The molecule has 1 saturated carbocycles. The largest absolute Gasteiger partial charge is 0.493 e. The highest BCUT2D eigenvalue weighted by atomic mass is 16.5. The molecule has 150 valence electrons. The van der Waals surface area contributed by atoms with Gasteiger partial charge in [0.1, 0.15) is 0 Å². The van der Waals surface area contributed by atoms with Gasteiger partial charge in [0.05, 0.1) is 13.2 Å². The average Bonchev–Trinajstić information content (AvgIpc) is 3.21. The molecule has 28 heavy (non-hydrogen) atoms. The van der Waals surface area contributed by atoms with Crippen LogP contribution in [0.1, 0.15) is 42.4 Å². The first-order chi connectivity index (χ1) is 13.6. The fourth-order valence-electron chi connectivity index (χ4n) is 3.54. The SMILES string of the molecule is COc1ccc(CNC(=O)N(C)Cc2ccccc2C)cc1OC1CCCC1. The topological polar surface area (TPSA) is 50.8 Å². The van der Waals surface area contributed by atoms with Gasteiger partial charge < -0.3 is 19.7 Å². The first kappa shape index (κ1) is 20.1. The molecule has 0 bridgehead atoms. The van der Waals surface area contributed by atoms with Crippen molar-refractivity contribution in [2.24, 2.45) is 0 Å². The highest BCUT2D eigenvalue weighted by molar-refractivity contribution is 5.73. The quantitative estimate of drug-likeness (QED) is 0.757. The van der Waals surface area contributed by atoms with Gasteiger partial charge in [-0.25, -0.2) is 4.79 Å². The minimum Gasteiger partial charge on any atom is -0.493 e. The molecule has 1 fully saturated rings. The summed E-state index contributed by atoms with van der Waals surface area (Å²) < 4.78 is 11.6. The zero-order valence-corrected chi connectivity index (χ0v) is 17.0. The summed E-state index contributed by atoms with van der Waals surface area (Å²) in [5.41, 5.74) is 3.33. The number of carbonyl (C=O) groups excluding carboxylic acids is 1. The van der Waals surface area contributed by atoms with Crippen LogP contribution in [0.5, 0.6) is 11.5 Å². The predicted molar refractivity (Wildman–Crippen MR) is 111 cm³/mol.